The molecule has 1 aromatic carbocycles. The fraction of sp³-hybridized carbons (Fsp3) is 0.533. The van der Waals surface area contributed by atoms with Gasteiger partial charge in [-0.05, 0) is 43.0 Å². The largest absolute Gasteiger partial charge is 0.497 e. The summed E-state index contributed by atoms with van der Waals surface area (Å²) in [6.45, 7) is 1.66. The molecular formula is C15H21NO3. The van der Waals surface area contributed by atoms with Gasteiger partial charge in [-0.1, -0.05) is 12.1 Å². The molecule has 0 saturated heterocycles. The molecule has 4 heteroatoms. The third-order valence-corrected chi connectivity index (χ3v) is 3.68. The Labute approximate surface area is 114 Å². The number of methoxy groups -OCH3 is 1. The maximum Gasteiger partial charge on any atom is 0.303 e. The van der Waals surface area contributed by atoms with Gasteiger partial charge in [0.1, 0.15) is 5.75 Å². The molecule has 0 bridgehead atoms. The zero-order valence-electron chi connectivity index (χ0n) is 11.6. The van der Waals surface area contributed by atoms with Gasteiger partial charge in [-0.2, -0.15) is 0 Å². The molecule has 1 N–H and O–H groups in total. The van der Waals surface area contributed by atoms with Crippen molar-refractivity contribution in [1.29, 1.82) is 0 Å². The summed E-state index contributed by atoms with van der Waals surface area (Å²) < 4.78 is 5.21. The third kappa shape index (κ3) is 3.96. The number of hydrogen-bond donors (Lipinski definition) is 1. The molecule has 1 saturated carbocycles. The molecule has 2 rings (SSSR count). The number of aliphatic carboxylic acids is 1. The van der Waals surface area contributed by atoms with Gasteiger partial charge in [0.15, 0.2) is 0 Å². The summed E-state index contributed by atoms with van der Waals surface area (Å²) in [4.78, 5) is 13.0. The van der Waals surface area contributed by atoms with E-state index in [4.69, 9.17) is 9.84 Å². The molecule has 1 aliphatic rings. The highest BCUT2D eigenvalue weighted by Crippen LogP contribution is 2.49. The van der Waals surface area contributed by atoms with Crippen LogP contribution >= 0.6 is 0 Å². The predicted molar refractivity (Wildman–Crippen MR) is 73.2 cm³/mol. The van der Waals surface area contributed by atoms with Crippen molar-refractivity contribution < 1.29 is 14.6 Å². The summed E-state index contributed by atoms with van der Waals surface area (Å²) in [6, 6.07) is 7.99. The Morgan fingerprint density at radius 3 is 2.79 bits per heavy atom. The number of carbonyl (C=O) groups is 1. The third-order valence-electron chi connectivity index (χ3n) is 3.68. The lowest BCUT2D eigenvalue weighted by atomic mass is 10.0. The van der Waals surface area contributed by atoms with Gasteiger partial charge in [0.25, 0.3) is 0 Å². The van der Waals surface area contributed by atoms with E-state index >= 15 is 0 Å². The van der Waals surface area contributed by atoms with Crippen molar-refractivity contribution in [2.45, 2.75) is 25.8 Å². The van der Waals surface area contributed by atoms with Crippen LogP contribution in [0.4, 0.5) is 0 Å². The average Bonchev–Trinajstić information content (AvgIpc) is 3.07. The van der Waals surface area contributed by atoms with E-state index in [1.165, 1.54) is 5.56 Å². The summed E-state index contributed by atoms with van der Waals surface area (Å²) >= 11 is 0. The standard InChI is InChI=1S/C15H21NO3/c1-16(11-15(6-7-15)9-14(17)18)10-12-4-3-5-13(8-12)19-2/h3-5,8H,6-7,9-11H2,1-2H3,(H,17,18). The number of ether oxygens (including phenoxy) is 1. The number of carboxylic acids is 1. The minimum atomic E-state index is -0.688. The smallest absolute Gasteiger partial charge is 0.303 e. The van der Waals surface area contributed by atoms with Crippen LogP contribution in [0.3, 0.4) is 0 Å². The Morgan fingerprint density at radius 1 is 1.47 bits per heavy atom. The van der Waals surface area contributed by atoms with Crippen molar-refractivity contribution in [3.05, 3.63) is 29.8 Å². The summed E-state index contributed by atoms with van der Waals surface area (Å²) in [6.07, 6.45) is 2.35. The fourth-order valence-electron chi connectivity index (χ4n) is 2.60. The van der Waals surface area contributed by atoms with Gasteiger partial charge >= 0.3 is 5.97 Å². The summed E-state index contributed by atoms with van der Waals surface area (Å²) in [7, 11) is 3.70. The Kier molecular flexibility index (Phi) is 4.10. The van der Waals surface area contributed by atoms with E-state index in [9.17, 15) is 4.79 Å². The van der Waals surface area contributed by atoms with Crippen molar-refractivity contribution in [3.63, 3.8) is 0 Å². The van der Waals surface area contributed by atoms with Crippen LogP contribution in [0.1, 0.15) is 24.8 Å². The van der Waals surface area contributed by atoms with Gasteiger partial charge in [0, 0.05) is 13.1 Å². The highest BCUT2D eigenvalue weighted by molar-refractivity contribution is 5.68. The van der Waals surface area contributed by atoms with E-state index in [-0.39, 0.29) is 11.8 Å². The first-order chi connectivity index (χ1) is 9.03. The van der Waals surface area contributed by atoms with Crippen LogP contribution in [0.2, 0.25) is 0 Å². The van der Waals surface area contributed by atoms with Crippen LogP contribution in [-0.4, -0.2) is 36.7 Å². The number of benzene rings is 1. The van der Waals surface area contributed by atoms with Gasteiger partial charge in [-0.15, -0.1) is 0 Å². The molecule has 0 unspecified atom stereocenters. The molecule has 0 radical (unpaired) electrons. The lowest BCUT2D eigenvalue weighted by Gasteiger charge is -2.22. The normalized spacial score (nSPS) is 16.4. The molecule has 0 aromatic heterocycles. The van der Waals surface area contributed by atoms with Gasteiger partial charge < -0.3 is 14.7 Å². The second kappa shape index (κ2) is 5.61. The van der Waals surface area contributed by atoms with E-state index in [0.29, 0.717) is 0 Å². The second-order valence-electron chi connectivity index (χ2n) is 5.59. The molecular weight excluding hydrogens is 242 g/mol. The van der Waals surface area contributed by atoms with Crippen LogP contribution in [0.5, 0.6) is 5.75 Å². The minimum Gasteiger partial charge on any atom is -0.497 e. The van der Waals surface area contributed by atoms with Crippen molar-refractivity contribution >= 4 is 5.97 Å². The van der Waals surface area contributed by atoms with Crippen LogP contribution in [0.15, 0.2) is 24.3 Å². The number of hydrogen-bond acceptors (Lipinski definition) is 3. The average molecular weight is 263 g/mol. The van der Waals surface area contributed by atoms with E-state index in [1.54, 1.807) is 7.11 Å². The first-order valence-electron chi connectivity index (χ1n) is 6.56. The molecule has 0 amide bonds. The highest BCUT2D eigenvalue weighted by Gasteiger charge is 2.44. The molecule has 0 aliphatic heterocycles. The lowest BCUT2D eigenvalue weighted by molar-refractivity contribution is -0.138. The van der Waals surface area contributed by atoms with Crippen LogP contribution in [0.25, 0.3) is 0 Å². The summed E-state index contributed by atoms with van der Waals surface area (Å²) in [5.41, 5.74) is 1.20. The molecule has 4 nitrogen and oxygen atoms in total. The van der Waals surface area contributed by atoms with Gasteiger partial charge in [0.2, 0.25) is 0 Å². The summed E-state index contributed by atoms with van der Waals surface area (Å²) in [5.74, 6) is 0.171. The molecule has 1 aromatic rings. The van der Waals surface area contributed by atoms with Gasteiger partial charge in [-0.3, -0.25) is 4.79 Å². The van der Waals surface area contributed by atoms with E-state index < -0.39 is 5.97 Å². The van der Waals surface area contributed by atoms with Crippen LogP contribution < -0.4 is 4.74 Å². The Hall–Kier alpha value is -1.55. The van der Waals surface area contributed by atoms with Crippen LogP contribution in [-0.2, 0) is 11.3 Å². The highest BCUT2D eigenvalue weighted by atomic mass is 16.5. The maximum atomic E-state index is 10.8. The molecule has 19 heavy (non-hydrogen) atoms. The van der Waals surface area contributed by atoms with Crippen LogP contribution in [0, 0.1) is 5.41 Å². The van der Waals surface area contributed by atoms with Gasteiger partial charge in [0.05, 0.1) is 13.5 Å². The Balaban J connectivity index is 1.90. The van der Waals surface area contributed by atoms with E-state index in [2.05, 4.69) is 11.0 Å². The Morgan fingerprint density at radius 2 is 2.21 bits per heavy atom. The lowest BCUT2D eigenvalue weighted by Crippen LogP contribution is -2.28. The molecule has 0 atom stereocenters. The maximum absolute atomic E-state index is 10.8. The predicted octanol–water partition coefficient (Wildman–Crippen LogP) is 2.38. The van der Waals surface area contributed by atoms with Gasteiger partial charge in [-0.25, -0.2) is 0 Å². The van der Waals surface area contributed by atoms with Crippen molar-refractivity contribution in [2.24, 2.45) is 5.41 Å². The van der Waals surface area contributed by atoms with E-state index in [1.807, 2.05) is 25.2 Å². The summed E-state index contributed by atoms with van der Waals surface area (Å²) in [5, 5.41) is 8.92. The van der Waals surface area contributed by atoms with Crippen molar-refractivity contribution in [2.75, 3.05) is 20.7 Å². The topological polar surface area (TPSA) is 49.8 Å². The zero-order chi connectivity index (χ0) is 13.9. The fourth-order valence-corrected chi connectivity index (χ4v) is 2.60. The number of rotatable bonds is 7. The first kappa shape index (κ1) is 13.9. The minimum absolute atomic E-state index is 0.0133. The second-order valence-corrected chi connectivity index (χ2v) is 5.59. The SMILES string of the molecule is COc1cccc(CN(C)CC2(CC(=O)O)CC2)c1. The molecule has 104 valence electrons. The quantitative estimate of drug-likeness (QED) is 0.820. The number of nitrogens with zero attached hydrogens (tertiary/aromatic N) is 1. The number of carboxylic acid groups (broad SMARTS) is 1. The van der Waals surface area contributed by atoms with Crippen molar-refractivity contribution in [1.82, 2.24) is 4.90 Å². The first-order valence-corrected chi connectivity index (χ1v) is 6.56. The molecule has 0 spiro atoms. The Bertz CT molecular complexity index is 454. The molecule has 1 fully saturated rings. The van der Waals surface area contributed by atoms with E-state index in [0.717, 1.165) is 31.7 Å². The van der Waals surface area contributed by atoms with Crippen molar-refractivity contribution in [3.8, 4) is 5.75 Å². The molecule has 0 heterocycles. The zero-order valence-corrected chi connectivity index (χ0v) is 11.6. The monoisotopic (exact) mass is 263 g/mol. The molecule has 1 aliphatic carbocycles.